The number of carbonyl (C=O) groups is 1. The van der Waals surface area contributed by atoms with Gasteiger partial charge in [-0.25, -0.2) is 4.39 Å². The van der Waals surface area contributed by atoms with Crippen molar-refractivity contribution in [3.8, 4) is 16.9 Å². The molecule has 0 atom stereocenters. The summed E-state index contributed by atoms with van der Waals surface area (Å²) in [6.07, 6.45) is 8.52. The molecule has 0 amide bonds. The first-order valence-electron chi connectivity index (χ1n) is 16.4. The summed E-state index contributed by atoms with van der Waals surface area (Å²) in [6.45, 7) is 13.7. The molecule has 2 heterocycles. The number of anilines is 1. The zero-order chi connectivity index (χ0) is 31.5. The van der Waals surface area contributed by atoms with Crippen molar-refractivity contribution in [3.05, 3.63) is 76.9 Å². The van der Waals surface area contributed by atoms with Gasteiger partial charge >= 0.3 is 5.97 Å². The van der Waals surface area contributed by atoms with E-state index in [0.29, 0.717) is 24.4 Å². The first-order chi connectivity index (χ1) is 20.9. The fourth-order valence-corrected chi connectivity index (χ4v) is 6.88. The molecule has 5 rings (SSSR count). The van der Waals surface area contributed by atoms with Gasteiger partial charge in [0, 0.05) is 36.3 Å². The number of piperidine rings is 1. The highest BCUT2D eigenvalue weighted by Gasteiger charge is 2.32. The number of hydrogen-bond acceptors (Lipinski definition) is 4. The van der Waals surface area contributed by atoms with E-state index < -0.39 is 5.97 Å². The Hall–Kier alpha value is -3.41. The first kappa shape index (κ1) is 32.0. The molecule has 1 aliphatic carbocycles. The fourth-order valence-electron chi connectivity index (χ4n) is 6.88. The maximum atomic E-state index is 13.3. The van der Waals surface area contributed by atoms with Gasteiger partial charge in [-0.3, -0.25) is 9.78 Å². The average Bonchev–Trinajstić information content (AvgIpc) is 2.97. The van der Waals surface area contributed by atoms with Crippen molar-refractivity contribution in [1.82, 2.24) is 4.98 Å². The second kappa shape index (κ2) is 13.3. The van der Waals surface area contributed by atoms with Gasteiger partial charge in [0.2, 0.25) is 0 Å². The molecule has 5 nitrogen and oxygen atoms in total. The second-order valence-corrected chi connectivity index (χ2v) is 14.6. The number of aryl methyl sites for hydroxylation is 1. The Morgan fingerprint density at radius 1 is 0.955 bits per heavy atom. The zero-order valence-electron chi connectivity index (χ0n) is 27.2. The van der Waals surface area contributed by atoms with E-state index in [2.05, 4.69) is 44.7 Å². The minimum atomic E-state index is -0.827. The third-order valence-corrected chi connectivity index (χ3v) is 9.97. The molecule has 2 aromatic carbocycles. The molecule has 44 heavy (non-hydrogen) atoms. The van der Waals surface area contributed by atoms with Gasteiger partial charge in [0.05, 0.1) is 24.4 Å². The summed E-state index contributed by atoms with van der Waals surface area (Å²) in [5, 5.41) is 9.97. The average molecular weight is 601 g/mol. The number of benzene rings is 2. The second-order valence-electron chi connectivity index (χ2n) is 14.6. The number of hydrogen-bond donors (Lipinski definition) is 1. The van der Waals surface area contributed by atoms with Gasteiger partial charge in [-0.1, -0.05) is 52.0 Å². The summed E-state index contributed by atoms with van der Waals surface area (Å²) < 4.78 is 19.3. The van der Waals surface area contributed by atoms with E-state index in [9.17, 15) is 14.3 Å². The van der Waals surface area contributed by atoms with Crippen molar-refractivity contribution in [3.63, 3.8) is 0 Å². The van der Waals surface area contributed by atoms with Crippen molar-refractivity contribution in [2.75, 3.05) is 24.6 Å². The molecule has 0 unspecified atom stereocenters. The molecule has 6 heteroatoms. The Balaban J connectivity index is 1.49. The van der Waals surface area contributed by atoms with Crippen LogP contribution in [-0.2, 0) is 24.1 Å². The number of rotatable bonds is 10. The fraction of sp³-hybridized carbons (Fsp3) is 0.526. The number of carboxylic acid groups (broad SMARTS) is 1. The minimum absolute atomic E-state index is 0.0382. The van der Waals surface area contributed by atoms with Crippen molar-refractivity contribution >= 4 is 11.7 Å². The lowest BCUT2D eigenvalue weighted by Crippen LogP contribution is -2.38. The molecule has 1 aliphatic heterocycles. The van der Waals surface area contributed by atoms with E-state index >= 15 is 0 Å². The lowest BCUT2D eigenvalue weighted by molar-refractivity contribution is -0.136. The van der Waals surface area contributed by atoms with Crippen LogP contribution in [0.1, 0.15) is 88.7 Å². The lowest BCUT2D eigenvalue weighted by Gasteiger charge is -2.40. The van der Waals surface area contributed by atoms with Crippen molar-refractivity contribution in [1.29, 1.82) is 0 Å². The van der Waals surface area contributed by atoms with Crippen LogP contribution >= 0.6 is 0 Å². The summed E-state index contributed by atoms with van der Waals surface area (Å²) in [6, 6.07) is 14.8. The predicted molar refractivity (Wildman–Crippen MR) is 176 cm³/mol. The third-order valence-electron chi connectivity index (χ3n) is 9.97. The molecule has 236 valence electrons. The number of aliphatic carboxylic acids is 1. The van der Waals surface area contributed by atoms with Crippen LogP contribution in [0, 0.1) is 29.5 Å². The van der Waals surface area contributed by atoms with Crippen molar-refractivity contribution in [2.45, 2.75) is 92.4 Å². The standard InChI is InChI=1S/C38H49FN2O3/c1-26-32(25-34(42)43)36(41-21-19-38(4,5)20-22-41)35(33(40-26)24-28-14-17-37(2,3)18-15-28)29-8-12-31(13-9-29)44-23-16-27-6-10-30(39)11-7-27/h6-13,28H,14-25H2,1-5H3,(H,42,43). The molecular formula is C38H49FN2O3. The number of aromatic nitrogens is 1. The van der Waals surface area contributed by atoms with E-state index in [4.69, 9.17) is 9.72 Å². The Morgan fingerprint density at radius 3 is 2.18 bits per heavy atom. The highest BCUT2D eigenvalue weighted by molar-refractivity contribution is 5.86. The summed E-state index contributed by atoms with van der Waals surface area (Å²) >= 11 is 0. The predicted octanol–water partition coefficient (Wildman–Crippen LogP) is 8.83. The monoisotopic (exact) mass is 600 g/mol. The Labute approximate surface area is 262 Å². The normalized spacial score (nSPS) is 18.3. The van der Waals surface area contributed by atoms with Gasteiger partial charge in [0.25, 0.3) is 0 Å². The largest absolute Gasteiger partial charge is 0.493 e. The molecule has 0 spiro atoms. The van der Waals surface area contributed by atoms with E-state index in [1.165, 1.54) is 37.8 Å². The van der Waals surface area contributed by atoms with Crippen LogP contribution in [0.3, 0.4) is 0 Å². The van der Waals surface area contributed by atoms with Gasteiger partial charge in [0.15, 0.2) is 0 Å². The molecule has 3 aromatic rings. The molecule has 2 fully saturated rings. The van der Waals surface area contributed by atoms with Crippen LogP contribution in [-0.4, -0.2) is 35.8 Å². The number of halogens is 1. The van der Waals surface area contributed by atoms with E-state index in [1.807, 2.05) is 19.1 Å². The summed E-state index contributed by atoms with van der Waals surface area (Å²) in [7, 11) is 0. The molecule has 1 saturated heterocycles. The van der Waals surface area contributed by atoms with Crippen LogP contribution in [0.15, 0.2) is 48.5 Å². The lowest BCUT2D eigenvalue weighted by atomic mass is 9.71. The zero-order valence-corrected chi connectivity index (χ0v) is 27.2. The minimum Gasteiger partial charge on any atom is -0.493 e. The number of ether oxygens (including phenoxy) is 1. The summed E-state index contributed by atoms with van der Waals surface area (Å²) in [5.74, 6) is 0.286. The topological polar surface area (TPSA) is 62.7 Å². The van der Waals surface area contributed by atoms with Crippen molar-refractivity contribution in [2.24, 2.45) is 16.7 Å². The van der Waals surface area contributed by atoms with Gasteiger partial charge in [-0.2, -0.15) is 0 Å². The van der Waals surface area contributed by atoms with Crippen LogP contribution < -0.4 is 9.64 Å². The van der Waals surface area contributed by atoms with Crippen LogP contribution in [0.4, 0.5) is 10.1 Å². The highest BCUT2D eigenvalue weighted by Crippen LogP contribution is 2.45. The highest BCUT2D eigenvalue weighted by atomic mass is 19.1. The van der Waals surface area contributed by atoms with Gasteiger partial charge in [0.1, 0.15) is 11.6 Å². The molecule has 0 bridgehead atoms. The maximum absolute atomic E-state index is 13.3. The molecule has 1 saturated carbocycles. The van der Waals surface area contributed by atoms with E-state index in [0.717, 1.165) is 77.4 Å². The SMILES string of the molecule is Cc1nc(CC2CCC(C)(C)CC2)c(-c2ccc(OCCc3ccc(F)cc3)cc2)c(N2CCC(C)(C)CC2)c1CC(=O)O. The van der Waals surface area contributed by atoms with Gasteiger partial charge < -0.3 is 14.7 Å². The molecule has 2 aliphatic rings. The number of nitrogens with zero attached hydrogens (tertiary/aromatic N) is 2. The third kappa shape index (κ3) is 7.99. The molecular weight excluding hydrogens is 551 g/mol. The molecule has 1 aromatic heterocycles. The van der Waals surface area contributed by atoms with Crippen molar-refractivity contribution < 1.29 is 19.0 Å². The molecule has 1 N–H and O–H groups in total. The van der Waals surface area contributed by atoms with Gasteiger partial charge in [-0.05, 0) is 104 Å². The Bertz CT molecular complexity index is 1430. The number of pyridine rings is 1. The first-order valence-corrected chi connectivity index (χ1v) is 16.4. The Morgan fingerprint density at radius 2 is 1.57 bits per heavy atom. The summed E-state index contributed by atoms with van der Waals surface area (Å²) in [4.78, 5) is 19.8. The van der Waals surface area contributed by atoms with Crippen LogP contribution in [0.5, 0.6) is 5.75 Å². The smallest absolute Gasteiger partial charge is 0.307 e. The maximum Gasteiger partial charge on any atom is 0.307 e. The number of carboxylic acids is 1. The van der Waals surface area contributed by atoms with E-state index in [1.54, 1.807) is 12.1 Å². The van der Waals surface area contributed by atoms with Gasteiger partial charge in [-0.15, -0.1) is 0 Å². The quantitative estimate of drug-likeness (QED) is 0.252. The van der Waals surface area contributed by atoms with E-state index in [-0.39, 0.29) is 17.7 Å². The van der Waals surface area contributed by atoms with Crippen LogP contribution in [0.25, 0.3) is 11.1 Å². The molecule has 0 radical (unpaired) electrons. The summed E-state index contributed by atoms with van der Waals surface area (Å²) in [5.41, 5.74) is 7.67. The van der Waals surface area contributed by atoms with Crippen LogP contribution in [0.2, 0.25) is 0 Å². The Kier molecular flexibility index (Phi) is 9.67.